The van der Waals surface area contributed by atoms with Crippen molar-refractivity contribution in [3.8, 4) is 16.9 Å². The van der Waals surface area contributed by atoms with Crippen molar-refractivity contribution in [3.05, 3.63) is 83.6 Å². The van der Waals surface area contributed by atoms with Crippen molar-refractivity contribution in [2.75, 3.05) is 0 Å². The second-order valence-electron chi connectivity index (χ2n) is 6.22. The SMILES string of the molecule is CC(CCCc1cccnc1)Oc1ccc(-c2cccc(Cl)c2)cc1. The van der Waals surface area contributed by atoms with E-state index in [1.54, 1.807) is 0 Å². The minimum Gasteiger partial charge on any atom is -0.491 e. The summed E-state index contributed by atoms with van der Waals surface area (Å²) in [5.41, 5.74) is 3.53. The molecule has 0 saturated heterocycles. The van der Waals surface area contributed by atoms with Gasteiger partial charge < -0.3 is 4.74 Å². The van der Waals surface area contributed by atoms with E-state index in [1.165, 1.54) is 5.56 Å². The molecule has 2 aromatic carbocycles. The second kappa shape index (κ2) is 8.68. The standard InChI is InChI=1S/C22H22ClNO/c1-17(5-2-6-18-7-4-14-24-16-18)25-22-12-10-19(11-13-22)20-8-3-9-21(23)15-20/h3-4,7-17H,2,5-6H2,1H3. The summed E-state index contributed by atoms with van der Waals surface area (Å²) < 4.78 is 6.03. The zero-order valence-corrected chi connectivity index (χ0v) is 15.1. The highest BCUT2D eigenvalue weighted by Gasteiger charge is 2.05. The number of aromatic nitrogens is 1. The lowest BCUT2D eigenvalue weighted by Gasteiger charge is -2.15. The number of ether oxygens (including phenoxy) is 1. The maximum Gasteiger partial charge on any atom is 0.119 e. The third-order valence-electron chi connectivity index (χ3n) is 4.15. The lowest BCUT2D eigenvalue weighted by Crippen LogP contribution is -2.11. The molecule has 1 atom stereocenters. The number of halogens is 1. The molecule has 128 valence electrons. The van der Waals surface area contributed by atoms with Gasteiger partial charge in [-0.3, -0.25) is 4.98 Å². The van der Waals surface area contributed by atoms with Crippen molar-refractivity contribution < 1.29 is 4.74 Å². The lowest BCUT2D eigenvalue weighted by molar-refractivity contribution is 0.208. The van der Waals surface area contributed by atoms with Crippen molar-refractivity contribution in [3.63, 3.8) is 0 Å². The summed E-state index contributed by atoms with van der Waals surface area (Å²) in [6.07, 6.45) is 7.07. The Balaban J connectivity index is 1.51. The third kappa shape index (κ3) is 5.33. The van der Waals surface area contributed by atoms with Crippen LogP contribution in [-0.4, -0.2) is 11.1 Å². The van der Waals surface area contributed by atoms with Crippen molar-refractivity contribution in [1.29, 1.82) is 0 Å². The summed E-state index contributed by atoms with van der Waals surface area (Å²) in [6, 6.07) is 20.2. The van der Waals surface area contributed by atoms with Crippen molar-refractivity contribution >= 4 is 11.6 Å². The van der Waals surface area contributed by atoms with Crippen LogP contribution in [0, 0.1) is 0 Å². The number of nitrogens with zero attached hydrogens (tertiary/aromatic N) is 1. The first-order chi connectivity index (χ1) is 12.2. The Bertz CT molecular complexity index is 787. The van der Waals surface area contributed by atoms with Gasteiger partial charge in [-0.2, -0.15) is 0 Å². The van der Waals surface area contributed by atoms with Gasteiger partial charge in [-0.15, -0.1) is 0 Å². The van der Waals surface area contributed by atoms with Crippen LogP contribution in [0.2, 0.25) is 5.02 Å². The Kier molecular flexibility index (Phi) is 6.08. The van der Waals surface area contributed by atoms with Crippen LogP contribution in [0.5, 0.6) is 5.75 Å². The number of benzene rings is 2. The first-order valence-corrected chi connectivity index (χ1v) is 9.00. The molecule has 25 heavy (non-hydrogen) atoms. The zero-order valence-electron chi connectivity index (χ0n) is 14.4. The van der Waals surface area contributed by atoms with Gasteiger partial charge >= 0.3 is 0 Å². The van der Waals surface area contributed by atoms with E-state index in [1.807, 2.05) is 48.8 Å². The summed E-state index contributed by atoms with van der Waals surface area (Å²) in [7, 11) is 0. The van der Waals surface area contributed by atoms with Crippen LogP contribution in [0.4, 0.5) is 0 Å². The molecule has 0 radical (unpaired) electrons. The van der Waals surface area contributed by atoms with Crippen molar-refractivity contribution in [2.45, 2.75) is 32.3 Å². The van der Waals surface area contributed by atoms with E-state index < -0.39 is 0 Å². The number of rotatable bonds is 7. The van der Waals surface area contributed by atoms with E-state index >= 15 is 0 Å². The van der Waals surface area contributed by atoms with E-state index in [0.717, 1.165) is 41.2 Å². The first kappa shape index (κ1) is 17.5. The molecule has 0 saturated carbocycles. The smallest absolute Gasteiger partial charge is 0.119 e. The monoisotopic (exact) mass is 351 g/mol. The molecule has 0 spiro atoms. The number of hydrogen-bond donors (Lipinski definition) is 0. The summed E-state index contributed by atoms with van der Waals surface area (Å²) in [4.78, 5) is 4.15. The van der Waals surface area contributed by atoms with E-state index in [2.05, 4.69) is 36.2 Å². The number of hydrogen-bond acceptors (Lipinski definition) is 2. The van der Waals surface area contributed by atoms with Crippen LogP contribution in [-0.2, 0) is 6.42 Å². The largest absolute Gasteiger partial charge is 0.491 e. The van der Waals surface area contributed by atoms with Gasteiger partial charge in [-0.1, -0.05) is 41.9 Å². The van der Waals surface area contributed by atoms with E-state index in [9.17, 15) is 0 Å². The normalized spacial score (nSPS) is 11.9. The molecule has 2 nitrogen and oxygen atoms in total. The molecule has 1 aromatic heterocycles. The van der Waals surface area contributed by atoms with Crippen molar-refractivity contribution in [2.24, 2.45) is 0 Å². The second-order valence-corrected chi connectivity index (χ2v) is 6.65. The average Bonchev–Trinajstić information content (AvgIpc) is 2.63. The molecule has 0 aliphatic carbocycles. The lowest BCUT2D eigenvalue weighted by atomic mass is 10.1. The Labute approximate surface area is 154 Å². The Morgan fingerprint density at radius 1 is 1.00 bits per heavy atom. The van der Waals surface area contributed by atoms with E-state index in [0.29, 0.717) is 0 Å². The Hall–Kier alpha value is -2.32. The Morgan fingerprint density at radius 2 is 1.84 bits per heavy atom. The summed E-state index contributed by atoms with van der Waals surface area (Å²) in [5, 5.41) is 0.750. The van der Waals surface area contributed by atoms with Gasteiger partial charge in [0.2, 0.25) is 0 Å². The molecule has 0 N–H and O–H groups in total. The zero-order chi connectivity index (χ0) is 17.5. The third-order valence-corrected chi connectivity index (χ3v) is 4.38. The minimum absolute atomic E-state index is 0.189. The number of aryl methyl sites for hydroxylation is 1. The molecular formula is C22H22ClNO. The fraction of sp³-hybridized carbons (Fsp3) is 0.227. The molecular weight excluding hydrogens is 330 g/mol. The molecule has 0 bridgehead atoms. The Morgan fingerprint density at radius 3 is 2.56 bits per heavy atom. The average molecular weight is 352 g/mol. The van der Waals surface area contributed by atoms with E-state index in [-0.39, 0.29) is 6.10 Å². The van der Waals surface area contributed by atoms with Crippen LogP contribution in [0.3, 0.4) is 0 Å². The predicted octanol–water partition coefficient (Wildman–Crippen LogP) is 6.19. The van der Waals surface area contributed by atoms with Gasteiger partial charge in [0.05, 0.1) is 6.10 Å². The van der Waals surface area contributed by atoms with Crippen molar-refractivity contribution in [1.82, 2.24) is 4.98 Å². The van der Waals surface area contributed by atoms with Gasteiger partial charge in [0.15, 0.2) is 0 Å². The molecule has 0 amide bonds. The fourth-order valence-electron chi connectivity index (χ4n) is 2.82. The first-order valence-electron chi connectivity index (χ1n) is 8.62. The maximum atomic E-state index is 6.06. The highest BCUT2D eigenvalue weighted by atomic mass is 35.5. The fourth-order valence-corrected chi connectivity index (χ4v) is 3.02. The molecule has 1 unspecified atom stereocenters. The summed E-state index contributed by atoms with van der Waals surface area (Å²) in [5.74, 6) is 0.902. The van der Waals surface area contributed by atoms with Crippen LogP contribution in [0.15, 0.2) is 73.1 Å². The van der Waals surface area contributed by atoms with Crippen LogP contribution in [0.1, 0.15) is 25.3 Å². The van der Waals surface area contributed by atoms with Gasteiger partial charge in [-0.25, -0.2) is 0 Å². The van der Waals surface area contributed by atoms with Crippen LogP contribution >= 0.6 is 11.6 Å². The van der Waals surface area contributed by atoms with Crippen LogP contribution < -0.4 is 4.74 Å². The predicted molar refractivity (Wildman–Crippen MR) is 104 cm³/mol. The maximum absolute atomic E-state index is 6.06. The van der Waals surface area contributed by atoms with Gasteiger partial charge in [0.25, 0.3) is 0 Å². The molecule has 0 fully saturated rings. The summed E-state index contributed by atoms with van der Waals surface area (Å²) in [6.45, 7) is 2.12. The molecule has 1 heterocycles. The van der Waals surface area contributed by atoms with Gasteiger partial charge in [-0.05, 0) is 73.2 Å². The van der Waals surface area contributed by atoms with E-state index in [4.69, 9.17) is 16.3 Å². The quantitative estimate of drug-likeness (QED) is 0.506. The molecule has 0 aliphatic rings. The minimum atomic E-state index is 0.189. The molecule has 0 aliphatic heterocycles. The molecule has 3 rings (SSSR count). The topological polar surface area (TPSA) is 22.1 Å². The van der Waals surface area contributed by atoms with Crippen LogP contribution in [0.25, 0.3) is 11.1 Å². The molecule has 3 aromatic rings. The summed E-state index contributed by atoms with van der Waals surface area (Å²) >= 11 is 6.06. The van der Waals surface area contributed by atoms with Gasteiger partial charge in [0.1, 0.15) is 5.75 Å². The van der Waals surface area contributed by atoms with Gasteiger partial charge in [0, 0.05) is 17.4 Å². The molecule has 3 heteroatoms. The number of pyridine rings is 1. The highest BCUT2D eigenvalue weighted by molar-refractivity contribution is 6.30. The highest BCUT2D eigenvalue weighted by Crippen LogP contribution is 2.25.